The second-order valence-corrected chi connectivity index (χ2v) is 7.17. The Labute approximate surface area is 157 Å². The van der Waals surface area contributed by atoms with Crippen molar-refractivity contribution in [3.63, 3.8) is 0 Å². The summed E-state index contributed by atoms with van der Waals surface area (Å²) in [5.41, 5.74) is 4.83. The molecule has 2 aromatic carbocycles. The Balaban J connectivity index is 2.28. The third-order valence-electron chi connectivity index (χ3n) is 5.02. The number of carbonyl (C=O) groups is 2. The number of unbranched alkanes of at least 4 members (excludes halogenated alkanes) is 4. The zero-order valence-corrected chi connectivity index (χ0v) is 16.5. The fourth-order valence-corrected chi connectivity index (χ4v) is 3.71. The van der Waals surface area contributed by atoms with Gasteiger partial charge in [0.05, 0.1) is 0 Å². The molecule has 2 rings (SSSR count). The van der Waals surface area contributed by atoms with Gasteiger partial charge in [-0.05, 0) is 43.9 Å². The maximum atomic E-state index is 13.0. The lowest BCUT2D eigenvalue weighted by Gasteiger charge is -2.16. The van der Waals surface area contributed by atoms with Crippen LogP contribution in [0.3, 0.4) is 0 Å². The van der Waals surface area contributed by atoms with Gasteiger partial charge in [-0.15, -0.1) is 0 Å². The van der Waals surface area contributed by atoms with Crippen molar-refractivity contribution in [2.24, 2.45) is 0 Å². The molecule has 0 aliphatic heterocycles. The number of rotatable bonds is 9. The van der Waals surface area contributed by atoms with E-state index in [-0.39, 0.29) is 11.6 Å². The van der Waals surface area contributed by atoms with E-state index in [0.717, 1.165) is 35.1 Å². The van der Waals surface area contributed by atoms with E-state index >= 15 is 0 Å². The molecule has 138 valence electrons. The van der Waals surface area contributed by atoms with Crippen LogP contribution in [0, 0.1) is 20.8 Å². The molecule has 0 bridgehead atoms. The molecule has 0 fully saturated rings. The van der Waals surface area contributed by atoms with Gasteiger partial charge in [-0.25, -0.2) is 0 Å². The van der Waals surface area contributed by atoms with Crippen LogP contribution in [-0.4, -0.2) is 11.6 Å². The largest absolute Gasteiger partial charge is 0.294 e. The highest BCUT2D eigenvalue weighted by Gasteiger charge is 2.21. The zero-order valence-electron chi connectivity index (χ0n) is 16.5. The maximum Gasteiger partial charge on any atom is 0.193 e. The van der Waals surface area contributed by atoms with Crippen LogP contribution in [-0.2, 0) is 0 Å². The van der Waals surface area contributed by atoms with Gasteiger partial charge in [-0.3, -0.25) is 9.59 Å². The molecule has 0 N–H and O–H groups in total. The van der Waals surface area contributed by atoms with Crippen molar-refractivity contribution >= 4 is 11.6 Å². The average molecular weight is 351 g/mol. The molecule has 0 radical (unpaired) electrons. The second kappa shape index (κ2) is 9.47. The van der Waals surface area contributed by atoms with E-state index in [2.05, 4.69) is 6.92 Å². The summed E-state index contributed by atoms with van der Waals surface area (Å²) in [5.74, 6) is 0.163. The van der Waals surface area contributed by atoms with Crippen LogP contribution in [0.5, 0.6) is 0 Å². The second-order valence-electron chi connectivity index (χ2n) is 7.17. The predicted octanol–water partition coefficient (Wildman–Crippen LogP) is 6.39. The van der Waals surface area contributed by atoms with Gasteiger partial charge in [0.1, 0.15) is 0 Å². The van der Waals surface area contributed by atoms with Gasteiger partial charge >= 0.3 is 0 Å². The van der Waals surface area contributed by atoms with Gasteiger partial charge < -0.3 is 0 Å². The molecule has 0 saturated carbocycles. The highest BCUT2D eigenvalue weighted by Crippen LogP contribution is 2.26. The van der Waals surface area contributed by atoms with Gasteiger partial charge in [-0.1, -0.05) is 69.0 Å². The highest BCUT2D eigenvalue weighted by molar-refractivity contribution is 6.13. The molecule has 0 amide bonds. The number of aryl methyl sites for hydroxylation is 2. The number of carbonyl (C=O) groups excluding carboxylic acids is 2. The van der Waals surface area contributed by atoms with Crippen LogP contribution >= 0.6 is 0 Å². The summed E-state index contributed by atoms with van der Waals surface area (Å²) >= 11 is 0. The molecule has 0 atom stereocenters. The number of benzene rings is 2. The van der Waals surface area contributed by atoms with Crippen LogP contribution in [0.1, 0.15) is 88.4 Å². The zero-order chi connectivity index (χ0) is 19.1. The van der Waals surface area contributed by atoms with Crippen LogP contribution in [0.4, 0.5) is 0 Å². The highest BCUT2D eigenvalue weighted by atomic mass is 16.1. The number of hydrogen-bond donors (Lipinski definition) is 0. The van der Waals surface area contributed by atoms with Crippen LogP contribution in [0.15, 0.2) is 36.4 Å². The molecule has 0 spiro atoms. The summed E-state index contributed by atoms with van der Waals surface area (Å²) in [6.45, 7) is 8.03. The molecule has 2 aromatic rings. The van der Waals surface area contributed by atoms with Gasteiger partial charge in [0, 0.05) is 23.1 Å². The molecule has 0 heterocycles. The topological polar surface area (TPSA) is 34.1 Å². The first-order valence-electron chi connectivity index (χ1n) is 9.71. The van der Waals surface area contributed by atoms with E-state index in [1.807, 2.05) is 57.2 Å². The molecule has 0 aliphatic rings. The molecule has 0 unspecified atom stereocenters. The fraction of sp³-hybridized carbons (Fsp3) is 0.417. The Morgan fingerprint density at radius 1 is 0.808 bits per heavy atom. The van der Waals surface area contributed by atoms with E-state index in [1.54, 1.807) is 0 Å². The third kappa shape index (κ3) is 4.69. The van der Waals surface area contributed by atoms with Crippen molar-refractivity contribution < 1.29 is 9.59 Å². The fourth-order valence-electron chi connectivity index (χ4n) is 3.71. The van der Waals surface area contributed by atoms with Crippen molar-refractivity contribution in [1.82, 2.24) is 0 Å². The first-order valence-corrected chi connectivity index (χ1v) is 9.71. The Hall–Kier alpha value is -2.22. The van der Waals surface area contributed by atoms with Gasteiger partial charge in [-0.2, -0.15) is 0 Å². The quantitative estimate of drug-likeness (QED) is 0.388. The Morgan fingerprint density at radius 2 is 1.42 bits per heavy atom. The summed E-state index contributed by atoms with van der Waals surface area (Å²) in [4.78, 5) is 25.8. The maximum absolute atomic E-state index is 13.0. The summed E-state index contributed by atoms with van der Waals surface area (Å²) in [6.07, 6.45) is 6.20. The standard InChI is InChI=1S/C24H30O2/c1-5-6-7-8-12-15-21(25)22-17(2)16-18(3)23(19(22)4)24(26)20-13-10-9-11-14-20/h9-11,13-14,16H,5-8,12,15H2,1-4H3. The number of hydrogen-bond acceptors (Lipinski definition) is 2. The van der Waals surface area contributed by atoms with Crippen LogP contribution < -0.4 is 0 Å². The van der Waals surface area contributed by atoms with E-state index in [0.29, 0.717) is 17.5 Å². The van der Waals surface area contributed by atoms with Crippen molar-refractivity contribution in [3.8, 4) is 0 Å². The summed E-state index contributed by atoms with van der Waals surface area (Å²) in [6, 6.07) is 11.3. The van der Waals surface area contributed by atoms with Crippen molar-refractivity contribution in [1.29, 1.82) is 0 Å². The molecular formula is C24H30O2. The first kappa shape index (κ1) is 20.1. The Kier molecular flexibility index (Phi) is 7.32. The number of ketones is 2. The monoisotopic (exact) mass is 350 g/mol. The Bertz CT molecular complexity index is 773. The lowest BCUT2D eigenvalue weighted by molar-refractivity contribution is 0.0978. The smallest absolute Gasteiger partial charge is 0.193 e. The average Bonchev–Trinajstić information content (AvgIpc) is 2.61. The molecule has 2 nitrogen and oxygen atoms in total. The molecule has 0 aliphatic carbocycles. The SMILES string of the molecule is CCCCCCCC(=O)c1c(C)cc(C)c(C(=O)c2ccccc2)c1C. The number of Topliss-reactive ketones (excluding diaryl/α,β-unsaturated/α-hetero) is 1. The minimum absolute atomic E-state index is 0.00223. The van der Waals surface area contributed by atoms with Crippen LogP contribution in [0.25, 0.3) is 0 Å². The van der Waals surface area contributed by atoms with E-state index in [1.165, 1.54) is 19.3 Å². The Morgan fingerprint density at radius 3 is 2.08 bits per heavy atom. The van der Waals surface area contributed by atoms with Gasteiger partial charge in [0.2, 0.25) is 0 Å². The summed E-state index contributed by atoms with van der Waals surface area (Å²) < 4.78 is 0. The van der Waals surface area contributed by atoms with Crippen molar-refractivity contribution in [2.45, 2.75) is 66.2 Å². The van der Waals surface area contributed by atoms with Crippen molar-refractivity contribution in [3.05, 3.63) is 69.8 Å². The van der Waals surface area contributed by atoms with Crippen molar-refractivity contribution in [2.75, 3.05) is 0 Å². The van der Waals surface area contributed by atoms with Gasteiger partial charge in [0.25, 0.3) is 0 Å². The van der Waals surface area contributed by atoms with E-state index < -0.39 is 0 Å². The van der Waals surface area contributed by atoms with E-state index in [4.69, 9.17) is 0 Å². The molecule has 2 heteroatoms. The summed E-state index contributed by atoms with van der Waals surface area (Å²) in [7, 11) is 0. The normalized spacial score (nSPS) is 10.8. The molecule has 26 heavy (non-hydrogen) atoms. The first-order chi connectivity index (χ1) is 12.5. The van der Waals surface area contributed by atoms with Crippen LogP contribution in [0.2, 0.25) is 0 Å². The molecule has 0 saturated heterocycles. The lowest BCUT2D eigenvalue weighted by Crippen LogP contribution is -2.13. The minimum Gasteiger partial charge on any atom is -0.294 e. The lowest BCUT2D eigenvalue weighted by atomic mass is 9.86. The molecular weight excluding hydrogens is 320 g/mol. The summed E-state index contributed by atoms with van der Waals surface area (Å²) in [5, 5.41) is 0. The minimum atomic E-state index is -0.00223. The van der Waals surface area contributed by atoms with Gasteiger partial charge in [0.15, 0.2) is 11.6 Å². The molecule has 0 aromatic heterocycles. The van der Waals surface area contributed by atoms with E-state index in [9.17, 15) is 9.59 Å². The third-order valence-corrected chi connectivity index (χ3v) is 5.02. The predicted molar refractivity (Wildman–Crippen MR) is 108 cm³/mol.